The Kier molecular flexibility index (Phi) is 5.75. The maximum absolute atomic E-state index is 12.8. The fraction of sp³-hybridized carbons (Fsp3) is 0.500. The Bertz CT molecular complexity index is 508. The largest absolute Gasteiger partial charge is 0.388 e. The lowest BCUT2D eigenvalue weighted by atomic mass is 9.79. The average molecular weight is 303 g/mol. The minimum atomic E-state index is -0.812. The maximum atomic E-state index is 12.8. The number of ether oxygens (including phenoxy) is 1. The third-order valence-electron chi connectivity index (χ3n) is 4.44. The van der Waals surface area contributed by atoms with Gasteiger partial charge in [-0.15, -0.1) is 0 Å². The van der Waals surface area contributed by atoms with Gasteiger partial charge in [0, 0.05) is 13.1 Å². The molecule has 1 aromatic carbocycles. The van der Waals surface area contributed by atoms with Crippen LogP contribution in [0, 0.1) is 5.41 Å². The number of rotatable bonds is 5. The molecule has 0 radical (unpaired) electrons. The summed E-state index contributed by atoms with van der Waals surface area (Å²) in [4.78, 5) is 14.6. The Morgan fingerprint density at radius 3 is 2.59 bits per heavy atom. The minimum absolute atomic E-state index is 0.00325. The van der Waals surface area contributed by atoms with Crippen LogP contribution in [0.15, 0.2) is 36.4 Å². The second kappa shape index (κ2) is 7.56. The van der Waals surface area contributed by atoms with E-state index in [4.69, 9.17) is 4.74 Å². The van der Waals surface area contributed by atoms with Crippen LogP contribution in [0.2, 0.25) is 0 Å². The van der Waals surface area contributed by atoms with Crippen LogP contribution >= 0.6 is 0 Å². The first-order valence-electron chi connectivity index (χ1n) is 7.86. The molecule has 1 fully saturated rings. The van der Waals surface area contributed by atoms with E-state index in [1.54, 1.807) is 11.0 Å². The molecular formula is C18H25NO3. The summed E-state index contributed by atoms with van der Waals surface area (Å²) < 4.78 is 5.29. The van der Waals surface area contributed by atoms with Gasteiger partial charge in [0.05, 0.1) is 24.7 Å². The van der Waals surface area contributed by atoms with Gasteiger partial charge in [-0.2, -0.15) is 0 Å². The van der Waals surface area contributed by atoms with E-state index >= 15 is 0 Å². The lowest BCUT2D eigenvalue weighted by molar-refractivity contribution is -0.150. The van der Waals surface area contributed by atoms with Gasteiger partial charge in [0.15, 0.2) is 0 Å². The summed E-state index contributed by atoms with van der Waals surface area (Å²) in [6.45, 7) is 6.12. The van der Waals surface area contributed by atoms with E-state index in [9.17, 15) is 9.90 Å². The second-order valence-corrected chi connectivity index (χ2v) is 5.89. The molecule has 0 aromatic heterocycles. The number of hydrogen-bond donors (Lipinski definition) is 1. The third-order valence-corrected chi connectivity index (χ3v) is 4.44. The molecule has 0 bridgehead atoms. The number of carbonyl (C=O) groups is 1. The van der Waals surface area contributed by atoms with Crippen LogP contribution in [0.25, 0.3) is 6.08 Å². The first-order chi connectivity index (χ1) is 10.6. The van der Waals surface area contributed by atoms with Crippen molar-refractivity contribution in [3.05, 3.63) is 42.0 Å². The van der Waals surface area contributed by atoms with Crippen molar-refractivity contribution in [1.82, 2.24) is 4.90 Å². The summed E-state index contributed by atoms with van der Waals surface area (Å²) in [6, 6.07) is 9.78. The predicted molar refractivity (Wildman–Crippen MR) is 87.3 cm³/mol. The van der Waals surface area contributed by atoms with Crippen molar-refractivity contribution in [1.29, 1.82) is 0 Å². The summed E-state index contributed by atoms with van der Waals surface area (Å²) in [6.07, 6.45) is 3.36. The molecule has 2 atom stereocenters. The van der Waals surface area contributed by atoms with Gasteiger partial charge in [0.1, 0.15) is 0 Å². The van der Waals surface area contributed by atoms with Crippen molar-refractivity contribution in [2.75, 3.05) is 26.3 Å². The third kappa shape index (κ3) is 3.76. The topological polar surface area (TPSA) is 49.8 Å². The Labute approximate surface area is 132 Å². The number of nitrogens with zero attached hydrogens (tertiary/aromatic N) is 1. The van der Waals surface area contributed by atoms with Crippen molar-refractivity contribution in [2.24, 2.45) is 5.41 Å². The molecular weight excluding hydrogens is 278 g/mol. The quantitative estimate of drug-likeness (QED) is 0.908. The number of aliphatic hydroxyl groups is 1. The van der Waals surface area contributed by atoms with E-state index in [-0.39, 0.29) is 5.91 Å². The summed E-state index contributed by atoms with van der Waals surface area (Å²) in [5.41, 5.74) is 0.210. The molecule has 120 valence electrons. The zero-order chi connectivity index (χ0) is 16.0. The van der Waals surface area contributed by atoms with Crippen LogP contribution in [0.3, 0.4) is 0 Å². The molecule has 4 heteroatoms. The number of morpholine rings is 1. The Balaban J connectivity index is 2.10. The fourth-order valence-corrected chi connectivity index (χ4v) is 2.59. The maximum Gasteiger partial charge on any atom is 0.231 e. The lowest BCUT2D eigenvalue weighted by Crippen LogP contribution is -2.51. The van der Waals surface area contributed by atoms with Crippen LogP contribution in [0.4, 0.5) is 0 Å². The molecule has 1 heterocycles. The lowest BCUT2D eigenvalue weighted by Gasteiger charge is -2.37. The van der Waals surface area contributed by atoms with Gasteiger partial charge in [-0.3, -0.25) is 4.79 Å². The number of aliphatic hydroxyl groups excluding tert-OH is 1. The Hall–Kier alpha value is -1.65. The monoisotopic (exact) mass is 303 g/mol. The van der Waals surface area contributed by atoms with Gasteiger partial charge in [0.25, 0.3) is 0 Å². The zero-order valence-corrected chi connectivity index (χ0v) is 13.4. The van der Waals surface area contributed by atoms with Crippen molar-refractivity contribution in [2.45, 2.75) is 26.4 Å². The molecule has 1 N–H and O–H groups in total. The molecule has 4 nitrogen and oxygen atoms in total. The highest BCUT2D eigenvalue weighted by molar-refractivity contribution is 5.83. The van der Waals surface area contributed by atoms with Crippen LogP contribution in [-0.4, -0.2) is 48.3 Å². The molecule has 1 aliphatic rings. The van der Waals surface area contributed by atoms with Gasteiger partial charge in [0.2, 0.25) is 5.91 Å². The summed E-state index contributed by atoms with van der Waals surface area (Å²) >= 11 is 0. The SMILES string of the molecule is CC[C@](C)(C(=O)N1CCOCC1)[C@@H](O)/C=C/c1ccccc1. The van der Waals surface area contributed by atoms with Gasteiger partial charge in [-0.05, 0) is 18.9 Å². The zero-order valence-electron chi connectivity index (χ0n) is 13.4. The molecule has 1 aromatic rings. The van der Waals surface area contributed by atoms with Crippen LogP contribution in [-0.2, 0) is 9.53 Å². The van der Waals surface area contributed by atoms with Crippen LogP contribution in [0.1, 0.15) is 25.8 Å². The van der Waals surface area contributed by atoms with Crippen LogP contribution in [0.5, 0.6) is 0 Å². The highest BCUT2D eigenvalue weighted by Crippen LogP contribution is 2.30. The highest BCUT2D eigenvalue weighted by atomic mass is 16.5. The van der Waals surface area contributed by atoms with Gasteiger partial charge in [-0.25, -0.2) is 0 Å². The van der Waals surface area contributed by atoms with Gasteiger partial charge >= 0.3 is 0 Å². The number of benzene rings is 1. The number of amides is 1. The number of hydrogen-bond acceptors (Lipinski definition) is 3. The van der Waals surface area contributed by atoms with E-state index in [1.165, 1.54) is 0 Å². The van der Waals surface area contributed by atoms with E-state index in [0.29, 0.717) is 32.7 Å². The molecule has 22 heavy (non-hydrogen) atoms. The summed E-state index contributed by atoms with van der Waals surface area (Å²) in [5, 5.41) is 10.6. The molecule has 2 rings (SSSR count). The van der Waals surface area contributed by atoms with E-state index in [0.717, 1.165) is 5.56 Å². The van der Waals surface area contributed by atoms with Crippen LogP contribution < -0.4 is 0 Å². The first-order valence-corrected chi connectivity index (χ1v) is 7.86. The molecule has 1 saturated heterocycles. The van der Waals surface area contributed by atoms with Gasteiger partial charge in [-0.1, -0.05) is 49.4 Å². The Morgan fingerprint density at radius 1 is 1.36 bits per heavy atom. The highest BCUT2D eigenvalue weighted by Gasteiger charge is 2.40. The normalized spacial score (nSPS) is 19.9. The smallest absolute Gasteiger partial charge is 0.231 e. The standard InChI is InChI=1S/C18H25NO3/c1-3-18(2,17(21)19-11-13-22-14-12-19)16(20)10-9-15-7-5-4-6-8-15/h4-10,16,20H,3,11-14H2,1-2H3/b10-9+/t16-,18-/m0/s1. The van der Waals surface area contributed by atoms with Crippen molar-refractivity contribution in [3.63, 3.8) is 0 Å². The summed E-state index contributed by atoms with van der Waals surface area (Å²) in [7, 11) is 0. The molecule has 1 amide bonds. The van der Waals surface area contributed by atoms with E-state index in [2.05, 4.69) is 0 Å². The predicted octanol–water partition coefficient (Wildman–Crippen LogP) is 2.34. The molecule has 1 aliphatic heterocycles. The minimum Gasteiger partial charge on any atom is -0.388 e. The van der Waals surface area contributed by atoms with Crippen molar-refractivity contribution in [3.8, 4) is 0 Å². The molecule has 0 spiro atoms. The summed E-state index contributed by atoms with van der Waals surface area (Å²) in [5.74, 6) is 0.00325. The van der Waals surface area contributed by atoms with Gasteiger partial charge < -0.3 is 14.7 Å². The fourth-order valence-electron chi connectivity index (χ4n) is 2.59. The average Bonchev–Trinajstić information content (AvgIpc) is 2.59. The first kappa shape index (κ1) is 16.7. The van der Waals surface area contributed by atoms with Crippen molar-refractivity contribution >= 4 is 12.0 Å². The van der Waals surface area contributed by atoms with E-state index < -0.39 is 11.5 Å². The van der Waals surface area contributed by atoms with Crippen molar-refractivity contribution < 1.29 is 14.6 Å². The molecule has 0 aliphatic carbocycles. The molecule has 0 saturated carbocycles. The molecule has 0 unspecified atom stereocenters. The van der Waals surface area contributed by atoms with E-state index in [1.807, 2.05) is 50.3 Å². The Morgan fingerprint density at radius 2 is 2.00 bits per heavy atom. The number of carbonyl (C=O) groups excluding carboxylic acids is 1. The second-order valence-electron chi connectivity index (χ2n) is 5.89.